The first-order valence-electron chi connectivity index (χ1n) is 5.21. The van der Waals surface area contributed by atoms with Crippen molar-refractivity contribution >= 4 is 11.6 Å². The summed E-state index contributed by atoms with van der Waals surface area (Å²) < 4.78 is 5.15. The van der Waals surface area contributed by atoms with Crippen molar-refractivity contribution in [3.05, 3.63) is 12.4 Å². The molecule has 1 aromatic rings. The highest BCUT2D eigenvalue weighted by Gasteiger charge is 2.13. The summed E-state index contributed by atoms with van der Waals surface area (Å²) in [5.41, 5.74) is 2.48. The van der Waals surface area contributed by atoms with Gasteiger partial charge in [0.2, 0.25) is 0 Å². The maximum Gasteiger partial charge on any atom is 0.145 e. The van der Waals surface area contributed by atoms with Crippen LogP contribution >= 0.6 is 0 Å². The van der Waals surface area contributed by atoms with E-state index in [1.165, 1.54) is 6.33 Å². The van der Waals surface area contributed by atoms with Gasteiger partial charge in [0.15, 0.2) is 0 Å². The topological polar surface area (TPSA) is 85.1 Å². The van der Waals surface area contributed by atoms with E-state index in [1.807, 2.05) is 0 Å². The van der Waals surface area contributed by atoms with Gasteiger partial charge in [-0.2, -0.15) is 0 Å². The summed E-state index contributed by atoms with van der Waals surface area (Å²) in [6.45, 7) is 4.88. The first-order chi connectivity index (χ1) is 7.67. The largest absolute Gasteiger partial charge is 0.383 e. The van der Waals surface area contributed by atoms with Gasteiger partial charge in [0.1, 0.15) is 18.0 Å². The molecule has 0 aromatic carbocycles. The fourth-order valence-electron chi connectivity index (χ4n) is 1.29. The Morgan fingerprint density at radius 3 is 2.62 bits per heavy atom. The maximum atomic E-state index is 5.28. The Morgan fingerprint density at radius 1 is 1.38 bits per heavy atom. The van der Waals surface area contributed by atoms with Crippen molar-refractivity contribution in [1.82, 2.24) is 9.97 Å². The highest BCUT2D eigenvalue weighted by molar-refractivity contribution is 5.46. The number of methoxy groups -OCH3 is 1. The third-order valence-electron chi connectivity index (χ3n) is 2.30. The number of nitrogen functional groups attached to an aromatic ring is 1. The number of hydrogen-bond donors (Lipinski definition) is 3. The molecule has 90 valence electrons. The van der Waals surface area contributed by atoms with Gasteiger partial charge < -0.3 is 15.5 Å². The molecule has 0 spiro atoms. The minimum Gasteiger partial charge on any atom is -0.383 e. The van der Waals surface area contributed by atoms with Crippen LogP contribution in [0.3, 0.4) is 0 Å². The molecule has 1 heterocycles. The molecule has 0 saturated heterocycles. The van der Waals surface area contributed by atoms with Crippen LogP contribution in [0.5, 0.6) is 0 Å². The number of ether oxygens (including phenoxy) is 1. The number of rotatable bonds is 6. The fraction of sp³-hybridized carbons (Fsp3) is 0.600. The van der Waals surface area contributed by atoms with E-state index in [4.69, 9.17) is 10.6 Å². The Bertz CT molecular complexity index is 318. The molecular formula is C10H19N5O. The number of hydrazine groups is 1. The van der Waals surface area contributed by atoms with Gasteiger partial charge in [-0.25, -0.2) is 15.8 Å². The molecule has 0 amide bonds. The van der Waals surface area contributed by atoms with Crippen LogP contribution in [0.15, 0.2) is 12.4 Å². The van der Waals surface area contributed by atoms with Gasteiger partial charge in [-0.3, -0.25) is 0 Å². The maximum absolute atomic E-state index is 5.28. The van der Waals surface area contributed by atoms with Gasteiger partial charge in [-0.15, -0.1) is 0 Å². The van der Waals surface area contributed by atoms with Crippen LogP contribution in [0.1, 0.15) is 13.8 Å². The van der Waals surface area contributed by atoms with Crippen molar-refractivity contribution < 1.29 is 4.74 Å². The predicted molar refractivity (Wildman–Crippen MR) is 64.0 cm³/mol. The first-order valence-corrected chi connectivity index (χ1v) is 5.21. The van der Waals surface area contributed by atoms with Crippen LogP contribution < -0.4 is 16.6 Å². The summed E-state index contributed by atoms with van der Waals surface area (Å²) in [6.07, 6.45) is 1.46. The van der Waals surface area contributed by atoms with E-state index in [0.29, 0.717) is 18.3 Å². The summed E-state index contributed by atoms with van der Waals surface area (Å²) in [5.74, 6) is 7.04. The third-order valence-corrected chi connectivity index (χ3v) is 2.30. The lowest BCUT2D eigenvalue weighted by Crippen LogP contribution is -2.30. The molecule has 0 bridgehead atoms. The molecule has 0 aliphatic rings. The standard InChI is InChI=1S/C10H19N5O/c1-7(2)8(5-16-3)14-9-4-10(15-11)13-6-12-9/h4,6-8H,5,11H2,1-3H3,(H2,12,13,14,15). The summed E-state index contributed by atoms with van der Waals surface area (Å²) in [4.78, 5) is 8.06. The smallest absolute Gasteiger partial charge is 0.145 e. The van der Waals surface area contributed by atoms with Crippen molar-refractivity contribution in [3.8, 4) is 0 Å². The molecule has 0 fully saturated rings. The van der Waals surface area contributed by atoms with Crippen LogP contribution in [-0.4, -0.2) is 29.7 Å². The summed E-state index contributed by atoms with van der Waals surface area (Å²) in [7, 11) is 1.68. The second-order valence-corrected chi connectivity index (χ2v) is 3.88. The van der Waals surface area contributed by atoms with Crippen molar-refractivity contribution in [1.29, 1.82) is 0 Å². The van der Waals surface area contributed by atoms with E-state index in [1.54, 1.807) is 13.2 Å². The highest BCUT2D eigenvalue weighted by Crippen LogP contribution is 2.12. The van der Waals surface area contributed by atoms with Gasteiger partial charge in [-0.05, 0) is 5.92 Å². The molecule has 0 radical (unpaired) electrons. The van der Waals surface area contributed by atoms with Crippen molar-refractivity contribution in [2.75, 3.05) is 24.5 Å². The van der Waals surface area contributed by atoms with Crippen LogP contribution in [0.4, 0.5) is 11.6 Å². The fourth-order valence-corrected chi connectivity index (χ4v) is 1.29. The second-order valence-electron chi connectivity index (χ2n) is 3.88. The van der Waals surface area contributed by atoms with Crippen LogP contribution in [0.2, 0.25) is 0 Å². The van der Waals surface area contributed by atoms with E-state index in [2.05, 4.69) is 34.6 Å². The first kappa shape index (κ1) is 12.7. The quantitative estimate of drug-likeness (QED) is 0.491. The molecule has 4 N–H and O–H groups in total. The molecule has 0 saturated carbocycles. The van der Waals surface area contributed by atoms with Gasteiger partial charge in [-0.1, -0.05) is 13.8 Å². The molecule has 6 heteroatoms. The minimum absolute atomic E-state index is 0.213. The number of hydrogen-bond acceptors (Lipinski definition) is 6. The molecule has 1 aromatic heterocycles. The molecule has 16 heavy (non-hydrogen) atoms. The van der Waals surface area contributed by atoms with E-state index in [0.717, 1.165) is 5.82 Å². The molecule has 1 atom stereocenters. The zero-order chi connectivity index (χ0) is 12.0. The Morgan fingerprint density at radius 2 is 2.06 bits per heavy atom. The monoisotopic (exact) mass is 225 g/mol. The lowest BCUT2D eigenvalue weighted by atomic mass is 10.1. The molecule has 1 unspecified atom stereocenters. The minimum atomic E-state index is 0.213. The molecule has 6 nitrogen and oxygen atoms in total. The zero-order valence-corrected chi connectivity index (χ0v) is 9.90. The van der Waals surface area contributed by atoms with Crippen molar-refractivity contribution in [2.45, 2.75) is 19.9 Å². The SMILES string of the molecule is COCC(Nc1cc(NN)ncn1)C(C)C. The Hall–Kier alpha value is -1.40. The number of aromatic nitrogens is 2. The number of nitrogens with one attached hydrogen (secondary N) is 2. The van der Waals surface area contributed by atoms with Crippen LogP contribution in [0, 0.1) is 5.92 Å². The van der Waals surface area contributed by atoms with Crippen molar-refractivity contribution in [2.24, 2.45) is 11.8 Å². The summed E-state index contributed by atoms with van der Waals surface area (Å²) >= 11 is 0. The Labute approximate surface area is 95.6 Å². The van der Waals surface area contributed by atoms with E-state index >= 15 is 0 Å². The van der Waals surface area contributed by atoms with Crippen LogP contribution in [0.25, 0.3) is 0 Å². The zero-order valence-electron chi connectivity index (χ0n) is 9.90. The average molecular weight is 225 g/mol. The summed E-state index contributed by atoms with van der Waals surface area (Å²) in [6, 6.07) is 1.97. The van der Waals surface area contributed by atoms with Gasteiger partial charge in [0.25, 0.3) is 0 Å². The number of nitrogens with zero attached hydrogens (tertiary/aromatic N) is 2. The lowest BCUT2D eigenvalue weighted by molar-refractivity contribution is 0.171. The van der Waals surface area contributed by atoms with E-state index in [9.17, 15) is 0 Å². The molecule has 0 aliphatic heterocycles. The number of anilines is 2. The Balaban J connectivity index is 2.68. The van der Waals surface area contributed by atoms with Gasteiger partial charge >= 0.3 is 0 Å². The van der Waals surface area contributed by atoms with E-state index in [-0.39, 0.29) is 6.04 Å². The predicted octanol–water partition coefficient (Wildman–Crippen LogP) is 0.845. The van der Waals surface area contributed by atoms with E-state index < -0.39 is 0 Å². The second kappa shape index (κ2) is 6.24. The normalized spacial score (nSPS) is 12.6. The van der Waals surface area contributed by atoms with Gasteiger partial charge in [0.05, 0.1) is 12.6 Å². The van der Waals surface area contributed by atoms with Crippen LogP contribution in [-0.2, 0) is 4.74 Å². The van der Waals surface area contributed by atoms with Gasteiger partial charge in [0, 0.05) is 13.2 Å². The summed E-state index contributed by atoms with van der Waals surface area (Å²) in [5, 5.41) is 3.28. The van der Waals surface area contributed by atoms with Crippen molar-refractivity contribution in [3.63, 3.8) is 0 Å². The lowest BCUT2D eigenvalue weighted by Gasteiger charge is -2.22. The highest BCUT2D eigenvalue weighted by atomic mass is 16.5. The average Bonchev–Trinajstić information content (AvgIpc) is 2.28. The molecule has 1 rings (SSSR count). The third kappa shape index (κ3) is 3.63. The molecular weight excluding hydrogens is 206 g/mol. The molecule has 0 aliphatic carbocycles. The number of nitrogens with two attached hydrogens (primary N) is 1. The Kier molecular flexibility index (Phi) is 4.94.